The van der Waals surface area contributed by atoms with Crippen molar-refractivity contribution in [3.8, 4) is 0 Å². The van der Waals surface area contributed by atoms with Gasteiger partial charge >= 0.3 is 6.04 Å². The van der Waals surface area contributed by atoms with Crippen molar-refractivity contribution in [1.29, 1.82) is 0 Å². The Morgan fingerprint density at radius 2 is 2.08 bits per heavy atom. The number of hydrogen-bond acceptors (Lipinski definition) is 2. The third kappa shape index (κ3) is 3.15. The molecular formula is C10H9FO2. The predicted octanol–water partition coefficient (Wildman–Crippen LogP) is 1.47. The normalized spacial score (nSPS) is 9.62. The van der Waals surface area contributed by atoms with Crippen LogP contribution >= 0.6 is 0 Å². The summed E-state index contributed by atoms with van der Waals surface area (Å²) in [7, 11) is 0. The average molecular weight is 180 g/mol. The molecule has 0 aromatic heterocycles. The van der Waals surface area contributed by atoms with Gasteiger partial charge in [0.15, 0.2) is 0 Å². The van der Waals surface area contributed by atoms with Crippen molar-refractivity contribution >= 4 is 12.3 Å². The van der Waals surface area contributed by atoms with Gasteiger partial charge in [0.2, 0.25) is 0 Å². The Labute approximate surface area is 75.4 Å². The topological polar surface area (TPSA) is 34.1 Å². The second kappa shape index (κ2) is 4.50. The maximum absolute atomic E-state index is 12.0. The van der Waals surface area contributed by atoms with E-state index in [4.69, 9.17) is 0 Å². The molecule has 2 nitrogen and oxygen atoms in total. The van der Waals surface area contributed by atoms with Crippen molar-refractivity contribution in [2.45, 2.75) is 12.8 Å². The summed E-state index contributed by atoms with van der Waals surface area (Å²) in [5, 5.41) is 0. The van der Waals surface area contributed by atoms with Gasteiger partial charge in [0.25, 0.3) is 0 Å². The van der Waals surface area contributed by atoms with Gasteiger partial charge in [-0.15, -0.1) is 0 Å². The summed E-state index contributed by atoms with van der Waals surface area (Å²) in [6.07, 6.45) is 0.859. The molecular weight excluding hydrogens is 171 g/mol. The number of halogens is 1. The second-order valence-corrected chi connectivity index (χ2v) is 2.72. The highest BCUT2D eigenvalue weighted by Gasteiger charge is 2.01. The Morgan fingerprint density at radius 1 is 1.38 bits per heavy atom. The monoisotopic (exact) mass is 180 g/mol. The number of hydrogen-bond donors (Lipinski definition) is 0. The van der Waals surface area contributed by atoms with Gasteiger partial charge in [0.05, 0.1) is 6.42 Å². The Hall–Kier alpha value is -1.51. The summed E-state index contributed by atoms with van der Waals surface area (Å²) in [5.41, 5.74) is 1.40. The van der Waals surface area contributed by atoms with E-state index in [2.05, 4.69) is 0 Å². The lowest BCUT2D eigenvalue weighted by molar-refractivity contribution is -0.128. The molecule has 0 saturated carbocycles. The first-order valence-electron chi connectivity index (χ1n) is 3.92. The molecule has 0 radical (unpaired) electrons. The molecule has 0 aliphatic carbocycles. The molecule has 1 aromatic carbocycles. The summed E-state index contributed by atoms with van der Waals surface area (Å²) in [5.74, 6) is 0. The lowest BCUT2D eigenvalue weighted by Gasteiger charge is -1.98. The first kappa shape index (κ1) is 9.58. The molecule has 0 aliphatic heterocycles. The van der Waals surface area contributed by atoms with E-state index in [1.807, 2.05) is 0 Å². The van der Waals surface area contributed by atoms with Gasteiger partial charge in [0.1, 0.15) is 6.29 Å². The van der Waals surface area contributed by atoms with Crippen LogP contribution < -0.4 is 0 Å². The molecule has 0 bridgehead atoms. The Kier molecular flexibility index (Phi) is 3.31. The van der Waals surface area contributed by atoms with E-state index < -0.39 is 6.04 Å². The highest BCUT2D eigenvalue weighted by atomic mass is 19.1. The number of aldehydes is 1. The number of benzene rings is 1. The van der Waals surface area contributed by atoms with Crippen molar-refractivity contribution in [2.24, 2.45) is 0 Å². The largest absolute Gasteiger partial charge is 0.305 e. The van der Waals surface area contributed by atoms with Crippen LogP contribution in [0.2, 0.25) is 0 Å². The van der Waals surface area contributed by atoms with Crippen LogP contribution in [-0.4, -0.2) is 12.3 Å². The van der Waals surface area contributed by atoms with Gasteiger partial charge in [-0.2, -0.15) is 4.39 Å². The van der Waals surface area contributed by atoms with E-state index in [0.29, 0.717) is 12.0 Å². The summed E-state index contributed by atoms with van der Waals surface area (Å²) in [6.45, 7) is 0. The van der Waals surface area contributed by atoms with Gasteiger partial charge in [-0.25, -0.2) is 0 Å². The molecule has 1 aromatic rings. The third-order valence-corrected chi connectivity index (χ3v) is 1.65. The zero-order valence-electron chi connectivity index (χ0n) is 7.00. The fraction of sp³-hybridized carbons (Fsp3) is 0.200. The van der Waals surface area contributed by atoms with Crippen molar-refractivity contribution in [3.05, 3.63) is 35.4 Å². The Morgan fingerprint density at radius 3 is 2.69 bits per heavy atom. The predicted molar refractivity (Wildman–Crippen MR) is 46.0 cm³/mol. The van der Waals surface area contributed by atoms with Crippen LogP contribution in [0.4, 0.5) is 4.39 Å². The molecule has 0 saturated heterocycles. The Bertz CT molecular complexity index is 320. The van der Waals surface area contributed by atoms with Gasteiger partial charge in [-0.05, 0) is 11.1 Å². The quantitative estimate of drug-likeness (QED) is 0.519. The first-order chi connectivity index (χ1) is 6.22. The number of carbonyl (C=O) groups excluding carboxylic acids is 2. The van der Waals surface area contributed by atoms with Crippen molar-refractivity contribution < 1.29 is 14.0 Å². The van der Waals surface area contributed by atoms with Crippen LogP contribution in [0.1, 0.15) is 11.1 Å². The summed E-state index contributed by atoms with van der Waals surface area (Å²) >= 11 is 0. The van der Waals surface area contributed by atoms with E-state index in [1.54, 1.807) is 24.3 Å². The fourth-order valence-electron chi connectivity index (χ4n) is 1.12. The van der Waals surface area contributed by atoms with E-state index >= 15 is 0 Å². The molecule has 0 heterocycles. The van der Waals surface area contributed by atoms with E-state index in [-0.39, 0.29) is 6.42 Å². The van der Waals surface area contributed by atoms with Gasteiger partial charge in [0, 0.05) is 6.42 Å². The van der Waals surface area contributed by atoms with Crippen LogP contribution in [0.5, 0.6) is 0 Å². The standard InChI is InChI=1S/C10H9FO2/c11-10(13)7-9-3-1-2-8(6-9)4-5-12/h1-3,5-6H,4,7H2. The number of carbonyl (C=O) groups is 2. The average Bonchev–Trinajstić information content (AvgIpc) is 2.04. The third-order valence-electron chi connectivity index (χ3n) is 1.65. The lowest BCUT2D eigenvalue weighted by atomic mass is 10.1. The fourth-order valence-corrected chi connectivity index (χ4v) is 1.12. The molecule has 0 spiro atoms. The first-order valence-corrected chi connectivity index (χ1v) is 3.92. The lowest BCUT2D eigenvalue weighted by Crippen LogP contribution is -1.95. The van der Waals surface area contributed by atoms with Crippen LogP contribution in [0.3, 0.4) is 0 Å². The van der Waals surface area contributed by atoms with E-state index in [9.17, 15) is 14.0 Å². The van der Waals surface area contributed by atoms with E-state index in [0.717, 1.165) is 11.8 Å². The molecule has 0 unspecified atom stereocenters. The number of rotatable bonds is 4. The second-order valence-electron chi connectivity index (χ2n) is 2.72. The maximum atomic E-state index is 12.0. The van der Waals surface area contributed by atoms with Crippen LogP contribution in [0.15, 0.2) is 24.3 Å². The summed E-state index contributed by atoms with van der Waals surface area (Å²) in [4.78, 5) is 20.3. The highest BCUT2D eigenvalue weighted by Crippen LogP contribution is 2.06. The maximum Gasteiger partial charge on any atom is 0.305 e. The molecule has 0 fully saturated rings. The van der Waals surface area contributed by atoms with Gasteiger partial charge in [-0.1, -0.05) is 24.3 Å². The molecule has 0 amide bonds. The van der Waals surface area contributed by atoms with Gasteiger partial charge in [-0.3, -0.25) is 4.79 Å². The smallest absolute Gasteiger partial charge is 0.303 e. The minimum Gasteiger partial charge on any atom is -0.303 e. The molecule has 3 heteroatoms. The molecule has 0 atom stereocenters. The van der Waals surface area contributed by atoms with Crippen molar-refractivity contribution in [3.63, 3.8) is 0 Å². The summed E-state index contributed by atoms with van der Waals surface area (Å²) in [6, 6.07) is 5.43. The molecule has 68 valence electrons. The zero-order valence-corrected chi connectivity index (χ0v) is 7.00. The molecule has 0 aliphatic rings. The van der Waals surface area contributed by atoms with Crippen molar-refractivity contribution in [2.75, 3.05) is 0 Å². The van der Waals surface area contributed by atoms with Crippen LogP contribution in [-0.2, 0) is 22.4 Å². The minimum absolute atomic E-state index is 0.216. The van der Waals surface area contributed by atoms with Crippen LogP contribution in [0.25, 0.3) is 0 Å². The van der Waals surface area contributed by atoms with Crippen molar-refractivity contribution in [1.82, 2.24) is 0 Å². The van der Waals surface area contributed by atoms with E-state index in [1.165, 1.54) is 0 Å². The molecule has 1 rings (SSSR count). The Balaban J connectivity index is 2.78. The summed E-state index contributed by atoms with van der Waals surface area (Å²) < 4.78 is 12.0. The minimum atomic E-state index is -1.36. The SMILES string of the molecule is O=CCc1cccc(CC(=O)F)c1. The van der Waals surface area contributed by atoms with Crippen LogP contribution in [0, 0.1) is 0 Å². The van der Waals surface area contributed by atoms with Gasteiger partial charge < -0.3 is 4.79 Å². The zero-order chi connectivity index (χ0) is 9.68. The molecule has 13 heavy (non-hydrogen) atoms. The molecule has 0 N–H and O–H groups in total. The highest BCUT2D eigenvalue weighted by molar-refractivity contribution is 5.71.